The van der Waals surface area contributed by atoms with Gasteiger partial charge in [-0.05, 0) is 12.8 Å². The number of β-amino-alcohol motifs (C(OH)–C–C–N with tert-alkyl or cyclic N) is 1. The van der Waals surface area contributed by atoms with E-state index < -0.39 is 6.17 Å². The molecule has 0 radical (unpaired) electrons. The second-order valence-corrected chi connectivity index (χ2v) is 3.23. The van der Waals surface area contributed by atoms with Crippen molar-refractivity contribution in [2.75, 3.05) is 13.1 Å². The molecule has 1 aliphatic rings. The van der Waals surface area contributed by atoms with Gasteiger partial charge in [0, 0.05) is 19.0 Å². The Bertz CT molecular complexity index is 121. The monoisotopic (exact) mass is 161 g/mol. The maximum Gasteiger partial charge on any atom is 0.104 e. The number of hydrogen-bond donors (Lipinski definition) is 2. The van der Waals surface area contributed by atoms with Gasteiger partial charge in [-0.2, -0.15) is 0 Å². The van der Waals surface area contributed by atoms with Crippen molar-refractivity contribution >= 4 is 0 Å². The fourth-order valence-corrected chi connectivity index (χ4v) is 1.56. The second-order valence-electron chi connectivity index (χ2n) is 3.23. The van der Waals surface area contributed by atoms with Gasteiger partial charge in [0.25, 0.3) is 0 Å². The van der Waals surface area contributed by atoms with Gasteiger partial charge in [-0.25, -0.2) is 4.39 Å². The molecule has 0 spiro atoms. The van der Waals surface area contributed by atoms with Gasteiger partial charge in [0.2, 0.25) is 0 Å². The van der Waals surface area contributed by atoms with Crippen LogP contribution in [0.15, 0.2) is 0 Å². The molecule has 1 heterocycles. The summed E-state index contributed by atoms with van der Waals surface area (Å²) < 4.78 is 13.0. The lowest BCUT2D eigenvalue weighted by molar-refractivity contribution is 0.0779. The third-order valence-electron chi connectivity index (χ3n) is 2.26. The van der Waals surface area contributed by atoms with Crippen molar-refractivity contribution in [2.24, 2.45) is 5.92 Å². The number of piperidine rings is 1. The maximum absolute atomic E-state index is 13.0. The number of hydrogen-bond acceptors (Lipinski definition) is 2. The first-order valence-corrected chi connectivity index (χ1v) is 4.27. The number of rotatable bonds is 2. The van der Waals surface area contributed by atoms with Crippen molar-refractivity contribution in [3.05, 3.63) is 0 Å². The Kier molecular flexibility index (Phi) is 3.27. The number of nitrogens with one attached hydrogen (secondary N) is 1. The quantitative estimate of drug-likeness (QED) is 0.625. The molecular weight excluding hydrogens is 145 g/mol. The first kappa shape index (κ1) is 8.94. The van der Waals surface area contributed by atoms with Gasteiger partial charge in [0.1, 0.15) is 6.17 Å². The molecule has 2 N–H and O–H groups in total. The van der Waals surface area contributed by atoms with Gasteiger partial charge < -0.3 is 10.4 Å². The summed E-state index contributed by atoms with van der Waals surface area (Å²) in [6.07, 6.45) is 0.0668. The van der Waals surface area contributed by atoms with Crippen molar-refractivity contribution in [3.63, 3.8) is 0 Å². The highest BCUT2D eigenvalue weighted by Gasteiger charge is 2.25. The van der Waals surface area contributed by atoms with Crippen LogP contribution in [-0.2, 0) is 0 Å². The van der Waals surface area contributed by atoms with Crippen LogP contribution in [0.3, 0.4) is 0 Å². The van der Waals surface area contributed by atoms with E-state index in [9.17, 15) is 9.50 Å². The fourth-order valence-electron chi connectivity index (χ4n) is 1.56. The van der Waals surface area contributed by atoms with Crippen LogP contribution in [0.1, 0.15) is 19.8 Å². The van der Waals surface area contributed by atoms with Crippen LogP contribution in [0.4, 0.5) is 4.39 Å². The topological polar surface area (TPSA) is 32.3 Å². The molecule has 1 fully saturated rings. The summed E-state index contributed by atoms with van der Waals surface area (Å²) in [4.78, 5) is 0. The summed E-state index contributed by atoms with van der Waals surface area (Å²) in [6, 6.07) is 0. The number of halogens is 1. The average Bonchev–Trinajstić information content (AvgIpc) is 2.03. The summed E-state index contributed by atoms with van der Waals surface area (Å²) in [6.45, 7) is 3.17. The Morgan fingerprint density at radius 3 is 2.91 bits per heavy atom. The smallest absolute Gasteiger partial charge is 0.104 e. The van der Waals surface area contributed by atoms with Crippen molar-refractivity contribution in [1.29, 1.82) is 0 Å². The molecule has 0 saturated carbocycles. The van der Waals surface area contributed by atoms with Gasteiger partial charge in [-0.3, -0.25) is 0 Å². The molecule has 1 rings (SSSR count). The van der Waals surface area contributed by atoms with Crippen LogP contribution in [0.2, 0.25) is 0 Å². The summed E-state index contributed by atoms with van der Waals surface area (Å²) in [5, 5.41) is 12.2. The molecule has 0 unspecified atom stereocenters. The Labute approximate surface area is 66.8 Å². The lowest BCUT2D eigenvalue weighted by atomic mass is 9.92. The van der Waals surface area contributed by atoms with Crippen LogP contribution in [0, 0.1) is 5.92 Å². The molecule has 1 saturated heterocycles. The van der Waals surface area contributed by atoms with E-state index in [0.29, 0.717) is 25.9 Å². The van der Waals surface area contributed by atoms with E-state index in [2.05, 4.69) is 5.32 Å². The summed E-state index contributed by atoms with van der Waals surface area (Å²) in [5.74, 6) is 0.0174. The lowest BCUT2D eigenvalue weighted by Crippen LogP contribution is -2.42. The Morgan fingerprint density at radius 2 is 2.36 bits per heavy atom. The summed E-state index contributed by atoms with van der Waals surface area (Å²) in [7, 11) is 0. The van der Waals surface area contributed by atoms with Gasteiger partial charge >= 0.3 is 0 Å². The zero-order valence-electron chi connectivity index (χ0n) is 6.89. The minimum absolute atomic E-state index is 0.0174. The molecule has 1 aliphatic heterocycles. The molecule has 66 valence electrons. The van der Waals surface area contributed by atoms with Crippen LogP contribution >= 0.6 is 0 Å². The van der Waals surface area contributed by atoms with Crippen molar-refractivity contribution in [2.45, 2.75) is 32.0 Å². The van der Waals surface area contributed by atoms with E-state index in [0.717, 1.165) is 0 Å². The predicted molar refractivity (Wildman–Crippen MR) is 42.2 cm³/mol. The Morgan fingerprint density at radius 1 is 1.64 bits per heavy atom. The SMILES string of the molecule is CC[C@H](F)[C@H]1CNC[C@@H](O)C1. The summed E-state index contributed by atoms with van der Waals surface area (Å²) >= 11 is 0. The molecule has 0 aromatic heterocycles. The first-order chi connectivity index (χ1) is 5.24. The predicted octanol–water partition coefficient (Wildman–Crippen LogP) is 0.705. The van der Waals surface area contributed by atoms with Crippen LogP contribution < -0.4 is 5.32 Å². The number of alkyl halides is 1. The van der Waals surface area contributed by atoms with E-state index in [1.165, 1.54) is 0 Å². The normalized spacial score (nSPS) is 35.2. The van der Waals surface area contributed by atoms with Gasteiger partial charge in [-0.1, -0.05) is 6.92 Å². The number of aliphatic hydroxyl groups is 1. The zero-order valence-corrected chi connectivity index (χ0v) is 6.89. The highest BCUT2D eigenvalue weighted by molar-refractivity contribution is 4.79. The molecule has 11 heavy (non-hydrogen) atoms. The highest BCUT2D eigenvalue weighted by Crippen LogP contribution is 2.19. The zero-order chi connectivity index (χ0) is 8.27. The minimum Gasteiger partial charge on any atom is -0.392 e. The largest absolute Gasteiger partial charge is 0.392 e. The first-order valence-electron chi connectivity index (χ1n) is 4.27. The van der Waals surface area contributed by atoms with E-state index in [1.807, 2.05) is 6.92 Å². The maximum atomic E-state index is 13.0. The molecule has 0 amide bonds. The third kappa shape index (κ3) is 2.42. The van der Waals surface area contributed by atoms with Crippen LogP contribution in [-0.4, -0.2) is 30.5 Å². The van der Waals surface area contributed by atoms with Crippen molar-refractivity contribution < 1.29 is 9.50 Å². The lowest BCUT2D eigenvalue weighted by Gasteiger charge is -2.28. The molecule has 0 bridgehead atoms. The molecule has 0 aliphatic carbocycles. The van der Waals surface area contributed by atoms with Crippen LogP contribution in [0.5, 0.6) is 0 Å². The van der Waals surface area contributed by atoms with Crippen molar-refractivity contribution in [3.8, 4) is 0 Å². The third-order valence-corrected chi connectivity index (χ3v) is 2.26. The molecule has 3 heteroatoms. The van der Waals surface area contributed by atoms with Crippen LogP contribution in [0.25, 0.3) is 0 Å². The number of aliphatic hydroxyl groups excluding tert-OH is 1. The molecule has 3 atom stereocenters. The van der Waals surface area contributed by atoms with Crippen molar-refractivity contribution in [1.82, 2.24) is 5.32 Å². The molecular formula is C8H16FNO. The average molecular weight is 161 g/mol. The molecule has 0 aromatic rings. The standard InChI is InChI=1S/C8H16FNO/c1-2-8(9)6-3-7(11)5-10-4-6/h6-8,10-11H,2-5H2,1H3/t6-,7+,8+/m1/s1. The van der Waals surface area contributed by atoms with E-state index in [-0.39, 0.29) is 12.0 Å². The van der Waals surface area contributed by atoms with Gasteiger partial charge in [0.15, 0.2) is 0 Å². The van der Waals surface area contributed by atoms with E-state index in [1.54, 1.807) is 0 Å². The second kappa shape index (κ2) is 4.02. The van der Waals surface area contributed by atoms with Gasteiger partial charge in [0.05, 0.1) is 6.10 Å². The van der Waals surface area contributed by atoms with E-state index >= 15 is 0 Å². The Hall–Kier alpha value is -0.150. The Balaban J connectivity index is 2.33. The van der Waals surface area contributed by atoms with E-state index in [4.69, 9.17) is 0 Å². The molecule has 0 aromatic carbocycles. The highest BCUT2D eigenvalue weighted by atomic mass is 19.1. The van der Waals surface area contributed by atoms with Gasteiger partial charge in [-0.15, -0.1) is 0 Å². The summed E-state index contributed by atoms with van der Waals surface area (Å²) in [5.41, 5.74) is 0. The fraction of sp³-hybridized carbons (Fsp3) is 1.00. The minimum atomic E-state index is -0.752. The molecule has 2 nitrogen and oxygen atoms in total.